The van der Waals surface area contributed by atoms with Gasteiger partial charge in [0.2, 0.25) is 0 Å². The summed E-state index contributed by atoms with van der Waals surface area (Å²) in [6.07, 6.45) is 0.360. The van der Waals surface area contributed by atoms with Crippen molar-refractivity contribution in [1.82, 2.24) is 0 Å². The zero-order chi connectivity index (χ0) is 14.7. The molecule has 0 spiro atoms. The Kier molecular flexibility index (Phi) is 4.75. The van der Waals surface area contributed by atoms with Crippen molar-refractivity contribution in [3.63, 3.8) is 0 Å². The highest BCUT2D eigenvalue weighted by molar-refractivity contribution is 9.10. The molecule has 2 rings (SSSR count). The summed E-state index contributed by atoms with van der Waals surface area (Å²) in [5, 5.41) is 11.5. The number of halogens is 2. The van der Waals surface area contributed by atoms with E-state index in [0.29, 0.717) is 17.0 Å². The molecular weight excluding hydrogens is 344 g/mol. The minimum Gasteiger partial charge on any atom is -0.324 e. The summed E-state index contributed by atoms with van der Waals surface area (Å²) in [7, 11) is 0. The molecule has 0 bridgehead atoms. The highest BCUT2D eigenvalue weighted by Gasteiger charge is 2.17. The lowest BCUT2D eigenvalue weighted by atomic mass is 9.98. The fraction of sp³-hybridized carbons (Fsp3) is 0.143. The van der Waals surface area contributed by atoms with Crippen molar-refractivity contribution in [2.75, 3.05) is 0 Å². The van der Waals surface area contributed by atoms with Gasteiger partial charge in [-0.1, -0.05) is 51.8 Å². The fourth-order valence-corrected chi connectivity index (χ4v) is 2.82. The van der Waals surface area contributed by atoms with E-state index in [4.69, 9.17) is 17.3 Å². The Morgan fingerprint density at radius 2 is 2.00 bits per heavy atom. The van der Waals surface area contributed by atoms with Gasteiger partial charge in [-0.2, -0.15) is 0 Å². The molecule has 1 atom stereocenters. The van der Waals surface area contributed by atoms with E-state index in [0.717, 1.165) is 10.0 Å². The summed E-state index contributed by atoms with van der Waals surface area (Å²) < 4.78 is 0.865. The zero-order valence-electron chi connectivity index (χ0n) is 10.4. The van der Waals surface area contributed by atoms with E-state index in [-0.39, 0.29) is 5.69 Å². The van der Waals surface area contributed by atoms with Gasteiger partial charge in [-0.05, 0) is 24.1 Å². The number of hydrogen-bond donors (Lipinski definition) is 1. The van der Waals surface area contributed by atoms with Crippen LogP contribution in [0.4, 0.5) is 5.69 Å². The van der Waals surface area contributed by atoms with Crippen LogP contribution in [0.2, 0.25) is 5.02 Å². The van der Waals surface area contributed by atoms with E-state index in [1.807, 2.05) is 12.1 Å². The predicted octanol–water partition coefficient (Wildman–Crippen LogP) is 4.25. The van der Waals surface area contributed by atoms with Crippen LogP contribution in [0, 0.1) is 10.1 Å². The first-order chi connectivity index (χ1) is 9.49. The monoisotopic (exact) mass is 354 g/mol. The maximum atomic E-state index is 11.0. The number of benzene rings is 2. The Morgan fingerprint density at radius 3 is 2.65 bits per heavy atom. The first-order valence-corrected chi connectivity index (χ1v) is 7.09. The summed E-state index contributed by atoms with van der Waals surface area (Å²) in [6.45, 7) is 0. The average Bonchev–Trinajstić information content (AvgIpc) is 2.38. The molecule has 1 unspecified atom stereocenters. The highest BCUT2D eigenvalue weighted by Crippen LogP contribution is 2.29. The van der Waals surface area contributed by atoms with Crippen molar-refractivity contribution in [2.24, 2.45) is 5.73 Å². The maximum Gasteiger partial charge on any atom is 0.272 e. The molecule has 104 valence electrons. The standard InChI is InChI=1S/C14H12BrClN2O2/c15-10-5-6-11(12(16)8-10)13(17)7-9-3-1-2-4-14(9)18(19)20/h1-6,8,13H,7,17H2. The summed E-state index contributed by atoms with van der Waals surface area (Å²) in [4.78, 5) is 10.6. The molecule has 0 aliphatic heterocycles. The van der Waals surface area contributed by atoms with Crippen molar-refractivity contribution in [3.8, 4) is 0 Å². The Hall–Kier alpha value is -1.43. The number of hydrogen-bond acceptors (Lipinski definition) is 3. The van der Waals surface area contributed by atoms with Crippen molar-refractivity contribution < 1.29 is 4.92 Å². The molecular formula is C14H12BrClN2O2. The average molecular weight is 356 g/mol. The normalized spacial score (nSPS) is 12.2. The lowest BCUT2D eigenvalue weighted by molar-refractivity contribution is -0.385. The van der Waals surface area contributed by atoms with Gasteiger partial charge in [0.05, 0.1) is 4.92 Å². The molecule has 6 heteroatoms. The molecule has 0 amide bonds. The zero-order valence-corrected chi connectivity index (χ0v) is 12.8. The van der Waals surface area contributed by atoms with Gasteiger partial charge in [0, 0.05) is 27.2 Å². The minimum atomic E-state index is -0.398. The van der Waals surface area contributed by atoms with Crippen LogP contribution in [0.3, 0.4) is 0 Å². The number of nitro groups is 1. The van der Waals surface area contributed by atoms with Gasteiger partial charge in [-0.25, -0.2) is 0 Å². The van der Waals surface area contributed by atoms with E-state index in [1.165, 1.54) is 6.07 Å². The second-order valence-corrected chi connectivity index (χ2v) is 5.69. The van der Waals surface area contributed by atoms with Gasteiger partial charge in [-0.3, -0.25) is 10.1 Å². The van der Waals surface area contributed by atoms with Crippen LogP contribution in [-0.4, -0.2) is 4.92 Å². The number of nitrogens with two attached hydrogens (primary N) is 1. The van der Waals surface area contributed by atoms with E-state index >= 15 is 0 Å². The number of nitro benzene ring substituents is 1. The van der Waals surface area contributed by atoms with E-state index in [9.17, 15) is 10.1 Å². The SMILES string of the molecule is NC(Cc1ccccc1[N+](=O)[O-])c1ccc(Br)cc1Cl. The third-order valence-electron chi connectivity index (χ3n) is 2.99. The summed E-state index contributed by atoms with van der Waals surface area (Å²) in [5.41, 5.74) is 7.58. The quantitative estimate of drug-likeness (QED) is 0.658. The van der Waals surface area contributed by atoms with E-state index in [2.05, 4.69) is 15.9 Å². The van der Waals surface area contributed by atoms with Crippen molar-refractivity contribution in [3.05, 3.63) is 73.2 Å². The molecule has 2 aromatic carbocycles. The molecule has 0 saturated carbocycles. The highest BCUT2D eigenvalue weighted by atomic mass is 79.9. The van der Waals surface area contributed by atoms with Gasteiger partial charge in [0.1, 0.15) is 0 Å². The van der Waals surface area contributed by atoms with Crippen LogP contribution < -0.4 is 5.73 Å². The van der Waals surface area contributed by atoms with E-state index in [1.54, 1.807) is 24.3 Å². The summed E-state index contributed by atoms with van der Waals surface area (Å²) in [6, 6.07) is 11.6. The number of rotatable bonds is 4. The molecule has 0 aromatic heterocycles. The Morgan fingerprint density at radius 1 is 1.30 bits per heavy atom. The molecule has 2 N–H and O–H groups in total. The van der Waals surface area contributed by atoms with Crippen LogP contribution in [-0.2, 0) is 6.42 Å². The van der Waals surface area contributed by atoms with E-state index < -0.39 is 11.0 Å². The fourth-order valence-electron chi connectivity index (χ4n) is 2.01. The van der Waals surface area contributed by atoms with Gasteiger partial charge < -0.3 is 5.73 Å². The first kappa shape index (κ1) is 15.0. The van der Waals surface area contributed by atoms with Crippen LogP contribution in [0.5, 0.6) is 0 Å². The Labute approximate surface area is 129 Å². The second kappa shape index (κ2) is 6.35. The van der Waals surface area contributed by atoms with Crippen molar-refractivity contribution >= 4 is 33.2 Å². The Balaban J connectivity index is 2.28. The van der Waals surface area contributed by atoms with Crippen molar-refractivity contribution in [1.29, 1.82) is 0 Å². The third kappa shape index (κ3) is 3.36. The maximum absolute atomic E-state index is 11.0. The van der Waals surface area contributed by atoms with Crippen LogP contribution >= 0.6 is 27.5 Å². The van der Waals surface area contributed by atoms with Gasteiger partial charge >= 0.3 is 0 Å². The predicted molar refractivity (Wildman–Crippen MR) is 82.9 cm³/mol. The lowest BCUT2D eigenvalue weighted by Gasteiger charge is -2.14. The summed E-state index contributed by atoms with van der Waals surface area (Å²) >= 11 is 9.48. The van der Waals surface area contributed by atoms with Crippen LogP contribution in [0.25, 0.3) is 0 Å². The molecule has 2 aromatic rings. The minimum absolute atomic E-state index is 0.0798. The van der Waals surface area contributed by atoms with Gasteiger partial charge in [-0.15, -0.1) is 0 Å². The van der Waals surface area contributed by atoms with Gasteiger partial charge in [0.25, 0.3) is 5.69 Å². The molecule has 0 aliphatic carbocycles. The lowest BCUT2D eigenvalue weighted by Crippen LogP contribution is -2.14. The molecule has 0 aliphatic rings. The molecule has 0 fully saturated rings. The largest absolute Gasteiger partial charge is 0.324 e. The van der Waals surface area contributed by atoms with Crippen LogP contribution in [0.15, 0.2) is 46.9 Å². The molecule has 4 nitrogen and oxygen atoms in total. The molecule has 0 radical (unpaired) electrons. The smallest absolute Gasteiger partial charge is 0.272 e. The van der Waals surface area contributed by atoms with Gasteiger partial charge in [0.15, 0.2) is 0 Å². The topological polar surface area (TPSA) is 69.2 Å². The number of nitrogens with zero attached hydrogens (tertiary/aromatic N) is 1. The first-order valence-electron chi connectivity index (χ1n) is 5.92. The second-order valence-electron chi connectivity index (χ2n) is 4.36. The number of para-hydroxylation sites is 1. The molecule has 0 saturated heterocycles. The van der Waals surface area contributed by atoms with Crippen LogP contribution in [0.1, 0.15) is 17.2 Å². The summed E-state index contributed by atoms with van der Waals surface area (Å²) in [5.74, 6) is 0. The van der Waals surface area contributed by atoms with Crippen molar-refractivity contribution in [2.45, 2.75) is 12.5 Å². The molecule has 20 heavy (non-hydrogen) atoms. The Bertz CT molecular complexity index is 649. The third-order valence-corrected chi connectivity index (χ3v) is 3.81. The molecule has 0 heterocycles.